The number of alkyl carbamates (subject to hydrolysis) is 1. The molecule has 26 heavy (non-hydrogen) atoms. The van der Waals surface area contributed by atoms with E-state index in [-0.39, 0.29) is 18.2 Å². The molecule has 1 aromatic carbocycles. The van der Waals surface area contributed by atoms with E-state index >= 15 is 0 Å². The second-order valence-corrected chi connectivity index (χ2v) is 6.91. The van der Waals surface area contributed by atoms with Crippen molar-refractivity contribution in [1.82, 2.24) is 25.5 Å². The predicted octanol–water partition coefficient (Wildman–Crippen LogP) is 1.45. The second-order valence-electron chi connectivity index (χ2n) is 6.91. The van der Waals surface area contributed by atoms with Crippen LogP contribution in [0.2, 0.25) is 0 Å². The second kappa shape index (κ2) is 8.61. The summed E-state index contributed by atoms with van der Waals surface area (Å²) in [7, 11) is 1.62. The molecule has 3 N–H and O–H groups in total. The van der Waals surface area contributed by atoms with Crippen molar-refractivity contribution in [3.05, 3.63) is 35.7 Å². The normalized spacial score (nSPS) is 12.5. The number of ether oxygens (including phenoxy) is 2. The Bertz CT molecular complexity index is 708. The van der Waals surface area contributed by atoms with E-state index in [0.29, 0.717) is 18.8 Å². The van der Waals surface area contributed by atoms with Gasteiger partial charge in [-0.15, -0.1) is 10.2 Å². The maximum atomic E-state index is 11.6. The zero-order valence-corrected chi connectivity index (χ0v) is 15.6. The summed E-state index contributed by atoms with van der Waals surface area (Å²) in [4.78, 5) is 13.0. The summed E-state index contributed by atoms with van der Waals surface area (Å²) >= 11 is 0. The maximum Gasteiger partial charge on any atom is 0.407 e. The van der Waals surface area contributed by atoms with Gasteiger partial charge in [-0.3, -0.25) is 0 Å². The number of hydrogen-bond donors (Lipinski definition) is 2. The molecule has 2 rings (SSSR count). The fraction of sp³-hybridized carbons (Fsp3) is 0.529. The quantitative estimate of drug-likeness (QED) is 0.765. The number of hydrogen-bond acceptors (Lipinski definition) is 7. The van der Waals surface area contributed by atoms with Gasteiger partial charge in [0.25, 0.3) is 0 Å². The van der Waals surface area contributed by atoms with E-state index < -0.39 is 6.09 Å². The molecule has 9 heteroatoms. The molecule has 142 valence electrons. The summed E-state index contributed by atoms with van der Waals surface area (Å²) < 4.78 is 10.2. The van der Waals surface area contributed by atoms with Gasteiger partial charge in [-0.2, -0.15) is 4.80 Å². The number of methoxy groups -OCH3 is 1. The van der Waals surface area contributed by atoms with Gasteiger partial charge in [-0.25, -0.2) is 4.79 Å². The van der Waals surface area contributed by atoms with Crippen molar-refractivity contribution in [2.24, 2.45) is 5.73 Å². The van der Waals surface area contributed by atoms with Crippen LogP contribution in [0.5, 0.6) is 5.75 Å². The minimum atomic E-state index is -0.478. The lowest BCUT2D eigenvalue weighted by molar-refractivity contribution is 0.130. The van der Waals surface area contributed by atoms with Crippen LogP contribution < -0.4 is 15.8 Å². The molecule has 0 aliphatic heterocycles. The topological polar surface area (TPSA) is 117 Å². The average molecular weight is 362 g/mol. The maximum absolute atomic E-state index is 11.6. The van der Waals surface area contributed by atoms with E-state index in [1.165, 1.54) is 4.80 Å². The lowest BCUT2D eigenvalue weighted by Crippen LogP contribution is -2.41. The summed E-state index contributed by atoms with van der Waals surface area (Å²) in [6.07, 6.45) is 0.106. The third-order valence-corrected chi connectivity index (χ3v) is 3.42. The Morgan fingerprint density at radius 2 is 2.00 bits per heavy atom. The molecular weight excluding hydrogens is 336 g/mol. The first-order chi connectivity index (χ1) is 12.3. The molecule has 0 radical (unpaired) electrons. The number of aromatic nitrogens is 4. The Morgan fingerprint density at radius 1 is 1.31 bits per heavy atom. The molecule has 0 aliphatic rings. The highest BCUT2D eigenvalue weighted by molar-refractivity contribution is 5.67. The fourth-order valence-corrected chi connectivity index (χ4v) is 2.17. The molecule has 2 aromatic rings. The van der Waals surface area contributed by atoms with Crippen molar-refractivity contribution in [3.8, 4) is 5.75 Å². The Hall–Kier alpha value is -2.68. The van der Waals surface area contributed by atoms with Crippen LogP contribution >= 0.6 is 0 Å². The number of nitrogens with zero attached hydrogens (tertiary/aromatic N) is 4. The third kappa shape index (κ3) is 6.32. The van der Waals surface area contributed by atoms with Crippen LogP contribution in [0, 0.1) is 0 Å². The molecule has 0 bridgehead atoms. The van der Waals surface area contributed by atoms with E-state index in [1.807, 2.05) is 45.0 Å². The Kier molecular flexibility index (Phi) is 6.51. The molecular formula is C17H26N6O3. The van der Waals surface area contributed by atoms with Crippen LogP contribution in [0.1, 0.15) is 38.2 Å². The third-order valence-electron chi connectivity index (χ3n) is 3.42. The molecule has 0 saturated heterocycles. The van der Waals surface area contributed by atoms with Crippen LogP contribution in [0.15, 0.2) is 24.3 Å². The summed E-state index contributed by atoms with van der Waals surface area (Å²) in [6.45, 7) is 6.09. The van der Waals surface area contributed by atoms with Crippen LogP contribution in [-0.2, 0) is 17.7 Å². The highest BCUT2D eigenvalue weighted by atomic mass is 16.5. The lowest BCUT2D eigenvalue weighted by Gasteiger charge is -2.19. The number of benzene rings is 1. The van der Waals surface area contributed by atoms with E-state index in [9.17, 15) is 4.79 Å². The van der Waals surface area contributed by atoms with E-state index in [4.69, 9.17) is 15.2 Å². The largest absolute Gasteiger partial charge is 0.497 e. The van der Waals surface area contributed by atoms with E-state index in [2.05, 4.69) is 20.7 Å². The molecule has 0 fully saturated rings. The average Bonchev–Trinajstić information content (AvgIpc) is 3.03. The van der Waals surface area contributed by atoms with Crippen molar-refractivity contribution >= 4 is 6.09 Å². The van der Waals surface area contributed by atoms with Gasteiger partial charge >= 0.3 is 6.09 Å². The number of tetrazole rings is 1. The summed E-state index contributed by atoms with van der Waals surface area (Å²) in [5.41, 5.74) is 6.86. The first-order valence-corrected chi connectivity index (χ1v) is 8.38. The molecule has 0 unspecified atom stereocenters. The first-order valence-electron chi connectivity index (χ1n) is 8.38. The van der Waals surface area contributed by atoms with E-state index in [0.717, 1.165) is 11.3 Å². The smallest absolute Gasteiger partial charge is 0.407 e. The van der Waals surface area contributed by atoms with Gasteiger partial charge < -0.3 is 20.5 Å². The molecule has 0 aliphatic carbocycles. The lowest BCUT2D eigenvalue weighted by atomic mass is 10.1. The minimum Gasteiger partial charge on any atom is -0.497 e. The van der Waals surface area contributed by atoms with Crippen molar-refractivity contribution < 1.29 is 14.3 Å². The zero-order chi connectivity index (χ0) is 19.2. The van der Waals surface area contributed by atoms with Gasteiger partial charge in [0.2, 0.25) is 0 Å². The fourth-order valence-electron chi connectivity index (χ4n) is 2.17. The van der Waals surface area contributed by atoms with Crippen molar-refractivity contribution in [2.75, 3.05) is 13.7 Å². The van der Waals surface area contributed by atoms with E-state index in [1.54, 1.807) is 7.11 Å². The number of rotatable bonds is 7. The summed E-state index contributed by atoms with van der Waals surface area (Å²) in [5.74, 6) is 1.24. The number of carbonyl (C=O) groups excluding carboxylic acids is 1. The first kappa shape index (κ1) is 19.6. The molecule has 1 aromatic heterocycles. The standard InChI is InChI=1S/C17H26N6O3/c1-17(2,3)19-16(24)26-10-9-23-21-15(20-22-23)14(18)11-12-5-7-13(25-4)8-6-12/h5-8,14H,9-11,18H2,1-4H3,(H,19,24)/t14-/m0/s1. The van der Waals surface area contributed by atoms with Gasteiger partial charge in [0.15, 0.2) is 5.82 Å². The van der Waals surface area contributed by atoms with Gasteiger partial charge in [-0.05, 0) is 50.1 Å². The number of nitrogens with one attached hydrogen (secondary N) is 1. The van der Waals surface area contributed by atoms with Crippen LogP contribution in [0.4, 0.5) is 4.79 Å². The van der Waals surface area contributed by atoms with Crippen LogP contribution in [0.3, 0.4) is 0 Å². The number of nitrogens with two attached hydrogens (primary N) is 1. The molecule has 1 amide bonds. The SMILES string of the molecule is COc1ccc(C[C@H](N)c2nnn(CCOC(=O)NC(C)(C)C)n2)cc1. The van der Waals surface area contributed by atoms with Crippen LogP contribution in [0.25, 0.3) is 0 Å². The number of amides is 1. The highest BCUT2D eigenvalue weighted by Crippen LogP contribution is 2.16. The number of carbonyl (C=O) groups is 1. The highest BCUT2D eigenvalue weighted by Gasteiger charge is 2.16. The van der Waals surface area contributed by atoms with Gasteiger partial charge in [-0.1, -0.05) is 12.1 Å². The Labute approximate surface area is 152 Å². The Morgan fingerprint density at radius 3 is 2.62 bits per heavy atom. The monoisotopic (exact) mass is 362 g/mol. The predicted molar refractivity (Wildman–Crippen MR) is 95.7 cm³/mol. The summed E-state index contributed by atoms with van der Waals surface area (Å²) in [5, 5.41) is 14.9. The van der Waals surface area contributed by atoms with Crippen LogP contribution in [-0.4, -0.2) is 45.6 Å². The van der Waals surface area contributed by atoms with Gasteiger partial charge in [0.1, 0.15) is 12.4 Å². The molecule has 1 atom stereocenters. The van der Waals surface area contributed by atoms with Gasteiger partial charge in [0, 0.05) is 5.54 Å². The van der Waals surface area contributed by atoms with Crippen molar-refractivity contribution in [1.29, 1.82) is 0 Å². The zero-order valence-electron chi connectivity index (χ0n) is 15.6. The molecule has 0 saturated carbocycles. The molecule has 1 heterocycles. The molecule has 9 nitrogen and oxygen atoms in total. The Balaban J connectivity index is 1.81. The summed E-state index contributed by atoms with van der Waals surface area (Å²) in [6, 6.07) is 7.29. The molecule has 0 spiro atoms. The van der Waals surface area contributed by atoms with Crippen molar-refractivity contribution in [3.63, 3.8) is 0 Å². The minimum absolute atomic E-state index is 0.144. The van der Waals surface area contributed by atoms with Crippen molar-refractivity contribution in [2.45, 2.75) is 45.3 Å². The van der Waals surface area contributed by atoms with Gasteiger partial charge in [0.05, 0.1) is 19.7 Å².